The maximum atomic E-state index is 2.86. The van der Waals surface area contributed by atoms with Crippen LogP contribution in [0.2, 0.25) is 0 Å². The lowest BCUT2D eigenvalue weighted by Crippen LogP contribution is -2.48. The maximum Gasteiger partial charge on any atom is 0.00982 e. The van der Waals surface area contributed by atoms with Gasteiger partial charge in [0.25, 0.3) is 0 Å². The van der Waals surface area contributed by atoms with Gasteiger partial charge in [0.15, 0.2) is 0 Å². The quantitative estimate of drug-likeness (QED) is 0.631. The zero-order valence-corrected chi connectivity index (χ0v) is 12.1. The molecule has 2 aliphatic carbocycles. The highest BCUT2D eigenvalue weighted by Crippen LogP contribution is 2.34. The first kappa shape index (κ1) is 13.4. The highest BCUT2D eigenvalue weighted by molar-refractivity contribution is 4.86. The molecule has 0 aliphatic heterocycles. The molecule has 2 saturated carbocycles. The second-order valence-corrected chi connectivity index (χ2v) is 6.68. The highest BCUT2D eigenvalue weighted by Gasteiger charge is 2.31. The number of hydrogen-bond donors (Lipinski definition) is 0. The monoisotopic (exact) mass is 237 g/mol. The minimum Gasteiger partial charge on any atom is -0.297 e. The number of nitrogens with zero attached hydrogens (tertiary/aromatic N) is 1. The van der Waals surface area contributed by atoms with E-state index in [1.54, 1.807) is 0 Å². The van der Waals surface area contributed by atoms with Crippen LogP contribution in [0, 0.1) is 11.8 Å². The summed E-state index contributed by atoms with van der Waals surface area (Å²) in [5.41, 5.74) is 0. The lowest BCUT2D eigenvalue weighted by Gasteiger charge is -2.44. The van der Waals surface area contributed by atoms with Crippen molar-refractivity contribution in [2.75, 3.05) is 6.54 Å². The van der Waals surface area contributed by atoms with Crippen LogP contribution in [0.4, 0.5) is 0 Å². The van der Waals surface area contributed by atoms with E-state index in [0.29, 0.717) is 0 Å². The van der Waals surface area contributed by atoms with E-state index in [0.717, 1.165) is 23.9 Å². The Morgan fingerprint density at radius 1 is 1.06 bits per heavy atom. The molecule has 1 nitrogen and oxygen atoms in total. The van der Waals surface area contributed by atoms with Crippen molar-refractivity contribution in [3.05, 3.63) is 0 Å². The molecule has 0 saturated heterocycles. The SMILES string of the molecule is CCC(C)CN(C(C)CC1CCC1)C1CCC1. The van der Waals surface area contributed by atoms with Crippen molar-refractivity contribution in [3.8, 4) is 0 Å². The standard InChI is InChI=1S/C16H31N/c1-4-13(2)12-17(16-9-6-10-16)14(3)11-15-7-5-8-15/h13-16H,4-12H2,1-3H3. The number of hydrogen-bond acceptors (Lipinski definition) is 1. The van der Waals surface area contributed by atoms with Crippen LogP contribution in [0.25, 0.3) is 0 Å². The van der Waals surface area contributed by atoms with E-state index in [1.165, 1.54) is 57.9 Å². The molecular weight excluding hydrogens is 206 g/mol. The van der Waals surface area contributed by atoms with Crippen LogP contribution in [-0.2, 0) is 0 Å². The van der Waals surface area contributed by atoms with E-state index in [2.05, 4.69) is 25.7 Å². The zero-order valence-electron chi connectivity index (χ0n) is 12.1. The Kier molecular flexibility index (Phi) is 4.90. The van der Waals surface area contributed by atoms with Crippen LogP contribution in [0.3, 0.4) is 0 Å². The van der Waals surface area contributed by atoms with E-state index >= 15 is 0 Å². The maximum absolute atomic E-state index is 2.86. The summed E-state index contributed by atoms with van der Waals surface area (Å²) < 4.78 is 0. The third kappa shape index (κ3) is 3.47. The highest BCUT2D eigenvalue weighted by atomic mass is 15.2. The molecule has 0 N–H and O–H groups in total. The van der Waals surface area contributed by atoms with Gasteiger partial charge in [0, 0.05) is 18.6 Å². The summed E-state index contributed by atoms with van der Waals surface area (Å²) in [7, 11) is 0. The van der Waals surface area contributed by atoms with Gasteiger partial charge in [-0.1, -0.05) is 46.0 Å². The molecule has 17 heavy (non-hydrogen) atoms. The summed E-state index contributed by atoms with van der Waals surface area (Å²) >= 11 is 0. The van der Waals surface area contributed by atoms with Crippen LogP contribution >= 0.6 is 0 Å². The van der Waals surface area contributed by atoms with Gasteiger partial charge in [-0.15, -0.1) is 0 Å². The summed E-state index contributed by atoms with van der Waals surface area (Å²) in [6.45, 7) is 8.58. The second kappa shape index (κ2) is 6.22. The second-order valence-electron chi connectivity index (χ2n) is 6.68. The van der Waals surface area contributed by atoms with Crippen molar-refractivity contribution < 1.29 is 0 Å². The molecule has 2 fully saturated rings. The summed E-state index contributed by atoms with van der Waals surface area (Å²) in [5.74, 6) is 1.93. The van der Waals surface area contributed by atoms with Gasteiger partial charge in [-0.2, -0.15) is 0 Å². The van der Waals surface area contributed by atoms with Crippen molar-refractivity contribution in [1.29, 1.82) is 0 Å². The Morgan fingerprint density at radius 3 is 2.12 bits per heavy atom. The molecule has 0 amide bonds. The van der Waals surface area contributed by atoms with Crippen molar-refractivity contribution in [2.24, 2.45) is 11.8 Å². The molecule has 0 aromatic carbocycles. The molecule has 0 spiro atoms. The topological polar surface area (TPSA) is 3.24 Å². The minimum atomic E-state index is 0.833. The third-order valence-corrected chi connectivity index (χ3v) is 5.23. The molecule has 0 aromatic heterocycles. The molecule has 2 aliphatic rings. The largest absolute Gasteiger partial charge is 0.297 e. The Hall–Kier alpha value is -0.0400. The average molecular weight is 237 g/mol. The van der Waals surface area contributed by atoms with Gasteiger partial charge in [-0.3, -0.25) is 4.90 Å². The predicted molar refractivity (Wildman–Crippen MR) is 75.2 cm³/mol. The lowest BCUT2D eigenvalue weighted by molar-refractivity contribution is 0.0525. The molecule has 0 aromatic rings. The van der Waals surface area contributed by atoms with Crippen LogP contribution in [0.5, 0.6) is 0 Å². The molecule has 0 radical (unpaired) electrons. The Bertz CT molecular complexity index is 218. The summed E-state index contributed by atoms with van der Waals surface area (Å²) in [6.07, 6.45) is 11.7. The van der Waals surface area contributed by atoms with Crippen LogP contribution < -0.4 is 0 Å². The van der Waals surface area contributed by atoms with E-state index in [9.17, 15) is 0 Å². The molecule has 100 valence electrons. The zero-order chi connectivity index (χ0) is 12.3. The smallest absolute Gasteiger partial charge is 0.00982 e. The van der Waals surface area contributed by atoms with Gasteiger partial charge < -0.3 is 0 Å². The third-order valence-electron chi connectivity index (χ3n) is 5.23. The fourth-order valence-electron chi connectivity index (χ4n) is 3.24. The molecule has 2 rings (SSSR count). The predicted octanol–water partition coefficient (Wildman–Crippen LogP) is 4.47. The van der Waals surface area contributed by atoms with Gasteiger partial charge >= 0.3 is 0 Å². The van der Waals surface area contributed by atoms with E-state index in [-0.39, 0.29) is 0 Å². The molecule has 1 heteroatoms. The van der Waals surface area contributed by atoms with Gasteiger partial charge in [0.1, 0.15) is 0 Å². The van der Waals surface area contributed by atoms with Crippen molar-refractivity contribution in [2.45, 2.75) is 84.2 Å². The van der Waals surface area contributed by atoms with Crippen molar-refractivity contribution >= 4 is 0 Å². The van der Waals surface area contributed by atoms with Crippen LogP contribution in [0.1, 0.15) is 72.1 Å². The van der Waals surface area contributed by atoms with Gasteiger partial charge in [0.2, 0.25) is 0 Å². The normalized spacial score (nSPS) is 25.4. The summed E-state index contributed by atoms with van der Waals surface area (Å²) in [6, 6.07) is 1.76. The van der Waals surface area contributed by atoms with Crippen molar-refractivity contribution in [1.82, 2.24) is 4.90 Å². The minimum absolute atomic E-state index is 0.833. The molecule has 0 heterocycles. The molecule has 0 bridgehead atoms. The molecular formula is C16H31N. The Balaban J connectivity index is 1.83. The first-order chi connectivity index (χ1) is 8.20. The fraction of sp³-hybridized carbons (Fsp3) is 1.00. The van der Waals surface area contributed by atoms with Crippen LogP contribution in [-0.4, -0.2) is 23.5 Å². The van der Waals surface area contributed by atoms with E-state index < -0.39 is 0 Å². The average Bonchev–Trinajstić information content (AvgIpc) is 2.19. The summed E-state index contributed by atoms with van der Waals surface area (Å²) in [4.78, 5) is 2.86. The first-order valence-electron chi connectivity index (χ1n) is 7.96. The van der Waals surface area contributed by atoms with Gasteiger partial charge in [-0.05, 0) is 38.0 Å². The molecule has 2 atom stereocenters. The van der Waals surface area contributed by atoms with E-state index in [4.69, 9.17) is 0 Å². The fourth-order valence-corrected chi connectivity index (χ4v) is 3.24. The van der Waals surface area contributed by atoms with Crippen molar-refractivity contribution in [3.63, 3.8) is 0 Å². The van der Waals surface area contributed by atoms with Gasteiger partial charge in [-0.25, -0.2) is 0 Å². The summed E-state index contributed by atoms with van der Waals surface area (Å²) in [5, 5.41) is 0. The lowest BCUT2D eigenvalue weighted by atomic mass is 9.80. The van der Waals surface area contributed by atoms with Gasteiger partial charge in [0.05, 0.1) is 0 Å². The number of rotatable bonds is 7. The Morgan fingerprint density at radius 2 is 1.71 bits per heavy atom. The van der Waals surface area contributed by atoms with E-state index in [1.807, 2.05) is 0 Å². The molecule has 2 unspecified atom stereocenters. The van der Waals surface area contributed by atoms with Crippen LogP contribution in [0.15, 0.2) is 0 Å². The first-order valence-corrected chi connectivity index (χ1v) is 7.96. The Labute approximate surface area is 108 Å².